The zero-order valence-electron chi connectivity index (χ0n) is 37.2. The first-order valence-corrected chi connectivity index (χ1v) is 21.9. The number of amides is 1. The third kappa shape index (κ3) is 6.46. The Balaban J connectivity index is 1.08. The minimum absolute atomic E-state index is 0.0417. The van der Waals surface area contributed by atoms with Crippen molar-refractivity contribution in [1.82, 2.24) is 49.1 Å². The summed E-state index contributed by atoms with van der Waals surface area (Å²) in [6, 6.07) is 21.5. The average molecular weight is 860 g/mol. The maximum absolute atomic E-state index is 15.5. The SMILES string of the molecule is CCc1nccc(-c2ccc3c(c2)cc(C(=O)N2CCc4nn(-c5cc(C)c(F)c(C)c5)c(Nc5ccc(-n6cnnc6C(C)C)cc5)c4[C@@H]2C)n3[C@@]2(c3noc(=O)[nH]3)C[C@@H]2C)c1C. The minimum atomic E-state index is -0.808. The first kappa shape index (κ1) is 40.9. The number of nitrogens with zero attached hydrogens (tertiary/aromatic N) is 9. The van der Waals surface area contributed by atoms with Crippen molar-refractivity contribution in [2.24, 2.45) is 5.92 Å². The highest BCUT2D eigenvalue weighted by atomic mass is 19.1. The first-order valence-electron chi connectivity index (χ1n) is 21.9. The van der Waals surface area contributed by atoms with Crippen molar-refractivity contribution in [2.45, 2.75) is 92.2 Å². The average Bonchev–Trinajstić information content (AvgIpc) is 3.85. The van der Waals surface area contributed by atoms with Crippen molar-refractivity contribution in [3.05, 3.63) is 147 Å². The number of nitrogens with one attached hydrogen (secondary N) is 2. The fraction of sp³-hybridized carbons (Fsp3) is 0.327. The van der Waals surface area contributed by atoms with Crippen LogP contribution in [0, 0.1) is 32.5 Å². The second-order valence-corrected chi connectivity index (χ2v) is 17.7. The van der Waals surface area contributed by atoms with E-state index in [4.69, 9.17) is 9.62 Å². The Labute approximate surface area is 369 Å². The molecular weight excluding hydrogens is 810 g/mol. The predicted molar refractivity (Wildman–Crippen MR) is 242 cm³/mol. The molecule has 2 N–H and O–H groups in total. The Bertz CT molecular complexity index is 3170. The molecule has 6 heterocycles. The fourth-order valence-corrected chi connectivity index (χ4v) is 9.92. The van der Waals surface area contributed by atoms with E-state index >= 15 is 9.18 Å². The van der Waals surface area contributed by atoms with Crippen molar-refractivity contribution in [1.29, 1.82) is 0 Å². The molecule has 326 valence electrons. The van der Waals surface area contributed by atoms with E-state index in [2.05, 4.69) is 88.0 Å². The van der Waals surface area contributed by atoms with E-state index in [1.165, 1.54) is 0 Å². The summed E-state index contributed by atoms with van der Waals surface area (Å²) in [4.78, 5) is 37.3. The lowest BCUT2D eigenvalue weighted by atomic mass is 9.98. The van der Waals surface area contributed by atoms with Gasteiger partial charge in [0.1, 0.15) is 35.0 Å². The molecule has 3 aromatic carbocycles. The molecule has 8 aromatic rings. The number of carbonyl (C=O) groups is 1. The number of pyridine rings is 1. The molecule has 1 saturated carbocycles. The van der Waals surface area contributed by atoms with Crippen molar-refractivity contribution in [2.75, 3.05) is 11.9 Å². The lowest BCUT2D eigenvalue weighted by Crippen LogP contribution is -2.41. The van der Waals surface area contributed by atoms with Gasteiger partial charge in [-0.1, -0.05) is 38.9 Å². The summed E-state index contributed by atoms with van der Waals surface area (Å²) in [7, 11) is 0. The predicted octanol–water partition coefficient (Wildman–Crippen LogP) is 9.18. The van der Waals surface area contributed by atoms with Crippen LogP contribution >= 0.6 is 0 Å². The Kier molecular flexibility index (Phi) is 9.76. The largest absolute Gasteiger partial charge is 0.438 e. The van der Waals surface area contributed by atoms with Crippen LogP contribution in [0.4, 0.5) is 15.9 Å². The van der Waals surface area contributed by atoms with Crippen LogP contribution in [-0.4, -0.2) is 61.6 Å². The van der Waals surface area contributed by atoms with Crippen LogP contribution in [0.15, 0.2) is 88.6 Å². The molecule has 0 saturated heterocycles. The van der Waals surface area contributed by atoms with Gasteiger partial charge in [0.2, 0.25) is 0 Å². The second-order valence-electron chi connectivity index (χ2n) is 17.7. The molecule has 15 heteroatoms. The van der Waals surface area contributed by atoms with Crippen LogP contribution in [0.3, 0.4) is 0 Å². The van der Waals surface area contributed by atoms with Crippen molar-refractivity contribution >= 4 is 28.3 Å². The summed E-state index contributed by atoms with van der Waals surface area (Å²) in [6.07, 6.45) is 5.52. The molecule has 0 radical (unpaired) electrons. The fourth-order valence-electron chi connectivity index (χ4n) is 9.92. The number of hydrogen-bond donors (Lipinski definition) is 2. The third-order valence-corrected chi connectivity index (χ3v) is 13.4. The third-order valence-electron chi connectivity index (χ3n) is 13.4. The van der Waals surface area contributed by atoms with Crippen molar-refractivity contribution in [3.63, 3.8) is 0 Å². The highest BCUT2D eigenvalue weighted by Gasteiger charge is 2.59. The van der Waals surface area contributed by atoms with Gasteiger partial charge in [0.25, 0.3) is 5.91 Å². The highest BCUT2D eigenvalue weighted by molar-refractivity contribution is 6.01. The Morgan fingerprint density at radius 1 is 1.02 bits per heavy atom. The summed E-state index contributed by atoms with van der Waals surface area (Å²) in [5, 5.41) is 22.4. The molecule has 0 bridgehead atoms. The number of aryl methyl sites for hydroxylation is 3. The van der Waals surface area contributed by atoms with Crippen molar-refractivity contribution in [3.8, 4) is 22.5 Å². The summed E-state index contributed by atoms with van der Waals surface area (Å²) in [6.45, 7) is 16.4. The van der Waals surface area contributed by atoms with E-state index < -0.39 is 17.3 Å². The van der Waals surface area contributed by atoms with Gasteiger partial charge < -0.3 is 14.8 Å². The maximum Gasteiger partial charge on any atom is 0.438 e. The van der Waals surface area contributed by atoms with Crippen LogP contribution in [-0.2, 0) is 18.4 Å². The van der Waals surface area contributed by atoms with Gasteiger partial charge in [-0.3, -0.25) is 23.9 Å². The van der Waals surface area contributed by atoms with E-state index in [0.717, 1.165) is 68.2 Å². The molecule has 0 unspecified atom stereocenters. The number of rotatable bonds is 10. The number of H-pyrrole nitrogens is 1. The second kappa shape index (κ2) is 15.3. The smallest absolute Gasteiger partial charge is 0.340 e. The molecule has 1 amide bonds. The van der Waals surface area contributed by atoms with Crippen LogP contribution < -0.4 is 11.1 Å². The molecule has 1 aliphatic carbocycles. The molecule has 1 aliphatic heterocycles. The first-order chi connectivity index (χ1) is 30.8. The van der Waals surface area contributed by atoms with Crippen LogP contribution in [0.25, 0.3) is 33.4 Å². The van der Waals surface area contributed by atoms with Gasteiger partial charge in [-0.2, -0.15) is 5.10 Å². The van der Waals surface area contributed by atoms with Gasteiger partial charge >= 0.3 is 5.76 Å². The minimum Gasteiger partial charge on any atom is -0.340 e. The quantitative estimate of drug-likeness (QED) is 0.137. The molecule has 5 aromatic heterocycles. The van der Waals surface area contributed by atoms with Gasteiger partial charge in [0.05, 0.1) is 17.4 Å². The number of aromatic nitrogens is 9. The summed E-state index contributed by atoms with van der Waals surface area (Å²) in [5.41, 5.74) is 9.94. The molecular formula is C49H50FN11O3. The number of carbonyl (C=O) groups excluding carboxylic acids is 1. The molecule has 64 heavy (non-hydrogen) atoms. The van der Waals surface area contributed by atoms with Gasteiger partial charge in [-0.15, -0.1) is 10.2 Å². The van der Waals surface area contributed by atoms with Gasteiger partial charge in [0.15, 0.2) is 5.82 Å². The standard InChI is InChI=1S/C49H50FN11O3/c1-9-38-30(7)37(16-18-51-38)32-10-15-40-33(22-32)23-41(60(40)49(24-29(49)6)47-54-48(63)64-57-47)46(62)58-19-17-39-42(31(58)8)45(61(56-39)36-20-27(4)43(50)28(5)21-36)53-34-11-13-35(14-12-34)59-25-52-55-44(59)26(2)3/h10-16,18,20-23,25-26,29,31,53H,9,17,19,24H2,1-8H3,(H,54,57,63)/t29-,31-,49-/m0/s1. The van der Waals surface area contributed by atoms with E-state index in [1.807, 2.05) is 63.7 Å². The number of benzene rings is 3. The molecule has 2 aliphatic rings. The normalized spacial score (nSPS) is 18.2. The summed E-state index contributed by atoms with van der Waals surface area (Å²) >= 11 is 0. The molecule has 1 fully saturated rings. The van der Waals surface area contributed by atoms with E-state index in [1.54, 1.807) is 32.3 Å². The molecule has 3 atom stereocenters. The van der Waals surface area contributed by atoms with Crippen LogP contribution in [0.1, 0.15) is 109 Å². The van der Waals surface area contributed by atoms with Crippen LogP contribution in [0.2, 0.25) is 0 Å². The number of anilines is 2. The number of halogens is 1. The molecule has 10 rings (SSSR count). The lowest BCUT2D eigenvalue weighted by molar-refractivity contribution is 0.0664. The topological polar surface area (TPSA) is 158 Å². The maximum atomic E-state index is 15.5. The van der Waals surface area contributed by atoms with Gasteiger partial charge in [-0.05, 0) is 135 Å². The zero-order valence-corrected chi connectivity index (χ0v) is 37.2. The Morgan fingerprint density at radius 3 is 2.44 bits per heavy atom. The Hall–Kier alpha value is -7.16. The zero-order chi connectivity index (χ0) is 44.8. The number of aromatic amines is 1. The molecule has 14 nitrogen and oxygen atoms in total. The van der Waals surface area contributed by atoms with Crippen molar-refractivity contribution < 1.29 is 13.7 Å². The number of fused-ring (bicyclic) bond motifs is 2. The van der Waals surface area contributed by atoms with Crippen LogP contribution in [0.5, 0.6) is 0 Å². The summed E-state index contributed by atoms with van der Waals surface area (Å²) in [5.74, 6) is 1.09. The highest BCUT2D eigenvalue weighted by Crippen LogP contribution is 2.56. The number of hydrogen-bond acceptors (Lipinski definition) is 9. The van der Waals surface area contributed by atoms with E-state index in [0.29, 0.717) is 53.5 Å². The molecule has 0 spiro atoms. The van der Waals surface area contributed by atoms with Gasteiger partial charge in [-0.25, -0.2) is 13.9 Å². The van der Waals surface area contributed by atoms with E-state index in [-0.39, 0.29) is 23.6 Å². The lowest BCUT2D eigenvalue weighted by Gasteiger charge is -2.34. The Morgan fingerprint density at radius 2 is 1.77 bits per heavy atom. The monoisotopic (exact) mass is 859 g/mol. The van der Waals surface area contributed by atoms with Gasteiger partial charge in [0, 0.05) is 58.6 Å². The summed E-state index contributed by atoms with van der Waals surface area (Å²) < 4.78 is 26.0. The van der Waals surface area contributed by atoms with E-state index in [9.17, 15) is 4.79 Å².